The molecule has 0 atom stereocenters. The van der Waals surface area contributed by atoms with Gasteiger partial charge < -0.3 is 0 Å². The van der Waals surface area contributed by atoms with Crippen LogP contribution in [-0.2, 0) is 10.0 Å². The second kappa shape index (κ2) is 7.04. The van der Waals surface area contributed by atoms with Gasteiger partial charge in [-0.3, -0.25) is 0 Å². The predicted octanol–water partition coefficient (Wildman–Crippen LogP) is 2.60. The van der Waals surface area contributed by atoms with E-state index in [1.54, 1.807) is 59.6 Å². The lowest BCUT2D eigenvalue weighted by molar-refractivity contribution is 0.581. The first-order chi connectivity index (χ1) is 9.18. The van der Waals surface area contributed by atoms with Crippen molar-refractivity contribution in [2.24, 2.45) is 0 Å². The first kappa shape index (κ1) is 14.5. The van der Waals surface area contributed by atoms with Crippen molar-refractivity contribution in [1.82, 2.24) is 9.71 Å². The summed E-state index contributed by atoms with van der Waals surface area (Å²) >= 11 is 3.24. The Morgan fingerprint density at radius 2 is 2.05 bits per heavy atom. The minimum Gasteiger partial charge on any atom is -0.238 e. The second-order valence-corrected chi connectivity index (χ2v) is 7.71. The zero-order valence-electron chi connectivity index (χ0n) is 10.2. The molecule has 102 valence electrons. The molecule has 0 bridgehead atoms. The highest BCUT2D eigenvalue weighted by Gasteiger charge is 2.11. The number of hydrogen-bond acceptors (Lipinski definition) is 5. The lowest BCUT2D eigenvalue weighted by Crippen LogP contribution is -2.25. The molecule has 0 saturated carbocycles. The number of benzene rings is 1. The van der Waals surface area contributed by atoms with Crippen LogP contribution in [0.2, 0.25) is 0 Å². The van der Waals surface area contributed by atoms with Crippen LogP contribution in [0.5, 0.6) is 0 Å². The van der Waals surface area contributed by atoms with Gasteiger partial charge in [-0.15, -0.1) is 11.3 Å². The lowest BCUT2D eigenvalue weighted by atomic mass is 10.4. The van der Waals surface area contributed by atoms with E-state index in [-0.39, 0.29) is 0 Å². The Hall–Kier alpha value is -0.890. The molecule has 2 rings (SSSR count). The standard InChI is InChI=1S/C12H14N2O2S3/c15-19(16,11-5-2-1-3-6-11)14-7-4-9-17-12-13-8-10-18-12/h1-3,5-6,8,10,14H,4,7,9H2. The molecule has 0 amide bonds. The van der Waals surface area contributed by atoms with E-state index in [1.807, 2.05) is 5.38 Å². The third-order valence-electron chi connectivity index (χ3n) is 2.30. The largest absolute Gasteiger partial charge is 0.240 e. The van der Waals surface area contributed by atoms with E-state index >= 15 is 0 Å². The van der Waals surface area contributed by atoms with Crippen LogP contribution in [0.3, 0.4) is 0 Å². The molecular formula is C12H14N2O2S3. The first-order valence-corrected chi connectivity index (χ1v) is 9.10. The van der Waals surface area contributed by atoms with E-state index in [0.29, 0.717) is 11.4 Å². The van der Waals surface area contributed by atoms with Gasteiger partial charge in [0.1, 0.15) is 4.34 Å². The quantitative estimate of drug-likeness (QED) is 0.630. The summed E-state index contributed by atoms with van der Waals surface area (Å²) in [5.41, 5.74) is 0. The normalized spacial score (nSPS) is 11.6. The van der Waals surface area contributed by atoms with Gasteiger partial charge in [0.15, 0.2) is 0 Å². The Labute approximate surface area is 121 Å². The molecule has 0 unspecified atom stereocenters. The highest BCUT2D eigenvalue weighted by Crippen LogP contribution is 2.20. The molecule has 0 saturated heterocycles. The van der Waals surface area contributed by atoms with Crippen molar-refractivity contribution in [3.05, 3.63) is 41.9 Å². The third-order valence-corrected chi connectivity index (χ3v) is 5.83. The van der Waals surface area contributed by atoms with Crippen molar-refractivity contribution in [3.8, 4) is 0 Å². The third kappa shape index (κ3) is 4.61. The van der Waals surface area contributed by atoms with Crippen molar-refractivity contribution in [3.63, 3.8) is 0 Å². The molecule has 2 aromatic rings. The summed E-state index contributed by atoms with van der Waals surface area (Å²) in [6.07, 6.45) is 2.54. The minimum absolute atomic E-state index is 0.308. The van der Waals surface area contributed by atoms with Gasteiger partial charge in [0, 0.05) is 23.9 Å². The fraction of sp³-hybridized carbons (Fsp3) is 0.250. The topological polar surface area (TPSA) is 59.1 Å². The number of sulfonamides is 1. The van der Waals surface area contributed by atoms with Gasteiger partial charge in [0.25, 0.3) is 0 Å². The van der Waals surface area contributed by atoms with Gasteiger partial charge in [-0.1, -0.05) is 30.0 Å². The summed E-state index contributed by atoms with van der Waals surface area (Å²) in [5, 5.41) is 1.93. The minimum atomic E-state index is -3.37. The molecular weight excluding hydrogens is 300 g/mol. The number of nitrogens with zero attached hydrogens (tertiary/aromatic N) is 1. The lowest BCUT2D eigenvalue weighted by Gasteiger charge is -2.05. The summed E-state index contributed by atoms with van der Waals surface area (Å²) in [6, 6.07) is 8.41. The molecule has 19 heavy (non-hydrogen) atoms. The Bertz CT molecular complexity index is 583. The number of nitrogens with one attached hydrogen (secondary N) is 1. The predicted molar refractivity (Wildman–Crippen MR) is 79.1 cm³/mol. The summed E-state index contributed by atoms with van der Waals surface area (Å²) in [6.45, 7) is 0.440. The molecule has 1 N–H and O–H groups in total. The average molecular weight is 314 g/mol. The number of hydrogen-bond donors (Lipinski definition) is 1. The molecule has 7 heteroatoms. The van der Waals surface area contributed by atoms with Gasteiger partial charge in [0.05, 0.1) is 4.90 Å². The van der Waals surface area contributed by atoms with E-state index in [2.05, 4.69) is 9.71 Å². The number of aromatic nitrogens is 1. The molecule has 1 aromatic carbocycles. The van der Waals surface area contributed by atoms with Gasteiger partial charge in [-0.2, -0.15) is 0 Å². The van der Waals surface area contributed by atoms with Crippen LogP contribution in [0.4, 0.5) is 0 Å². The maximum absolute atomic E-state index is 11.9. The van der Waals surface area contributed by atoms with Crippen LogP contribution in [0.1, 0.15) is 6.42 Å². The van der Waals surface area contributed by atoms with Crippen molar-refractivity contribution in [1.29, 1.82) is 0 Å². The van der Waals surface area contributed by atoms with E-state index < -0.39 is 10.0 Å². The van der Waals surface area contributed by atoms with Crippen LogP contribution in [-0.4, -0.2) is 25.7 Å². The maximum atomic E-state index is 11.9. The molecule has 4 nitrogen and oxygen atoms in total. The highest BCUT2D eigenvalue weighted by atomic mass is 32.2. The van der Waals surface area contributed by atoms with Gasteiger partial charge >= 0.3 is 0 Å². The van der Waals surface area contributed by atoms with Crippen LogP contribution in [0, 0.1) is 0 Å². The van der Waals surface area contributed by atoms with Crippen molar-refractivity contribution in [2.75, 3.05) is 12.3 Å². The highest BCUT2D eigenvalue weighted by molar-refractivity contribution is 8.01. The molecule has 1 heterocycles. The Balaban J connectivity index is 1.73. The van der Waals surface area contributed by atoms with Gasteiger partial charge in [0.2, 0.25) is 10.0 Å². The van der Waals surface area contributed by atoms with E-state index in [0.717, 1.165) is 16.5 Å². The van der Waals surface area contributed by atoms with Crippen molar-refractivity contribution < 1.29 is 8.42 Å². The fourth-order valence-corrected chi connectivity index (χ4v) is 4.15. The zero-order chi connectivity index (χ0) is 13.6. The molecule has 0 aliphatic heterocycles. The van der Waals surface area contributed by atoms with Crippen LogP contribution >= 0.6 is 23.1 Å². The van der Waals surface area contributed by atoms with E-state index in [4.69, 9.17) is 0 Å². The van der Waals surface area contributed by atoms with E-state index in [9.17, 15) is 8.42 Å². The van der Waals surface area contributed by atoms with Crippen LogP contribution < -0.4 is 4.72 Å². The monoisotopic (exact) mass is 314 g/mol. The number of thiazole rings is 1. The smallest absolute Gasteiger partial charge is 0.238 e. The first-order valence-electron chi connectivity index (χ1n) is 5.75. The molecule has 0 aliphatic carbocycles. The second-order valence-electron chi connectivity index (χ2n) is 3.71. The Morgan fingerprint density at radius 1 is 1.26 bits per heavy atom. The van der Waals surface area contributed by atoms with Crippen LogP contribution in [0.15, 0.2) is 51.1 Å². The van der Waals surface area contributed by atoms with Crippen LogP contribution in [0.25, 0.3) is 0 Å². The van der Waals surface area contributed by atoms with E-state index in [1.165, 1.54) is 0 Å². The number of rotatable bonds is 7. The molecule has 0 fully saturated rings. The maximum Gasteiger partial charge on any atom is 0.240 e. The molecule has 0 radical (unpaired) electrons. The summed E-state index contributed by atoms with van der Waals surface area (Å²) in [7, 11) is -3.37. The fourth-order valence-electron chi connectivity index (χ4n) is 1.40. The Morgan fingerprint density at radius 3 is 2.74 bits per heavy atom. The molecule has 0 spiro atoms. The SMILES string of the molecule is O=S(=O)(NCCCSc1nccs1)c1ccccc1. The number of thioether (sulfide) groups is 1. The zero-order valence-corrected chi connectivity index (χ0v) is 12.6. The van der Waals surface area contributed by atoms with Crippen molar-refractivity contribution >= 4 is 33.1 Å². The average Bonchev–Trinajstić information content (AvgIpc) is 2.92. The summed E-state index contributed by atoms with van der Waals surface area (Å²) in [4.78, 5) is 4.46. The summed E-state index contributed by atoms with van der Waals surface area (Å²) in [5.74, 6) is 0.852. The molecule has 0 aliphatic rings. The molecule has 1 aromatic heterocycles. The summed E-state index contributed by atoms with van der Waals surface area (Å²) < 4.78 is 27.4. The van der Waals surface area contributed by atoms with Crippen molar-refractivity contribution in [2.45, 2.75) is 15.7 Å². The Kier molecular flexibility index (Phi) is 5.38. The van der Waals surface area contributed by atoms with Gasteiger partial charge in [-0.25, -0.2) is 18.1 Å². The van der Waals surface area contributed by atoms with Gasteiger partial charge in [-0.05, 0) is 18.6 Å².